The molecule has 5 N–H and O–H groups in total. The molecular weight excluding hydrogens is 256 g/mol. The van der Waals surface area contributed by atoms with E-state index in [1.807, 2.05) is 6.92 Å². The van der Waals surface area contributed by atoms with Crippen molar-refractivity contribution in [3.05, 3.63) is 23.8 Å². The van der Waals surface area contributed by atoms with Crippen LogP contribution in [0, 0.1) is 0 Å². The van der Waals surface area contributed by atoms with Crippen LogP contribution in [0.3, 0.4) is 0 Å². The number of amides is 1. The van der Waals surface area contributed by atoms with Crippen LogP contribution >= 0.6 is 0 Å². The predicted octanol–water partition coefficient (Wildman–Crippen LogP) is 1.66. The van der Waals surface area contributed by atoms with Crippen molar-refractivity contribution in [2.24, 2.45) is 5.73 Å². The largest absolute Gasteiger partial charge is 0.504 e. The van der Waals surface area contributed by atoms with Crippen LogP contribution in [0.15, 0.2) is 18.2 Å². The Hall–Kier alpha value is -1.75. The average molecular weight is 280 g/mol. The SMILES string of the molecule is CCCC(CC)NC(=O)[C@@H](N)Cc1ccc(O)c(O)c1. The number of carbonyl (C=O) groups is 1. The Morgan fingerprint density at radius 1 is 1.30 bits per heavy atom. The molecular formula is C15H24N2O3. The van der Waals surface area contributed by atoms with Crippen molar-refractivity contribution < 1.29 is 15.0 Å². The minimum Gasteiger partial charge on any atom is -0.504 e. The van der Waals surface area contributed by atoms with Crippen LogP contribution in [0.4, 0.5) is 0 Å². The normalized spacial score (nSPS) is 13.8. The molecule has 1 aromatic carbocycles. The van der Waals surface area contributed by atoms with Gasteiger partial charge >= 0.3 is 0 Å². The molecule has 0 aliphatic carbocycles. The van der Waals surface area contributed by atoms with Crippen LogP contribution in [0.1, 0.15) is 38.7 Å². The number of hydrogen-bond acceptors (Lipinski definition) is 4. The summed E-state index contributed by atoms with van der Waals surface area (Å²) in [5.41, 5.74) is 6.59. The lowest BCUT2D eigenvalue weighted by Gasteiger charge is -2.19. The number of rotatable bonds is 7. The molecule has 5 nitrogen and oxygen atoms in total. The topological polar surface area (TPSA) is 95.6 Å². The van der Waals surface area contributed by atoms with Crippen molar-refractivity contribution in [1.82, 2.24) is 5.32 Å². The number of phenolic OH excluding ortho intramolecular Hbond substituents is 2. The molecule has 5 heteroatoms. The van der Waals surface area contributed by atoms with Crippen LogP contribution in [-0.2, 0) is 11.2 Å². The van der Waals surface area contributed by atoms with Gasteiger partial charge in [0.2, 0.25) is 5.91 Å². The van der Waals surface area contributed by atoms with E-state index in [4.69, 9.17) is 5.73 Å². The lowest BCUT2D eigenvalue weighted by molar-refractivity contribution is -0.123. The number of nitrogens with two attached hydrogens (primary N) is 1. The third kappa shape index (κ3) is 4.74. The summed E-state index contributed by atoms with van der Waals surface area (Å²) in [6, 6.07) is 3.95. The van der Waals surface area contributed by atoms with E-state index in [0.29, 0.717) is 12.0 Å². The molecule has 0 heterocycles. The Morgan fingerprint density at radius 2 is 2.00 bits per heavy atom. The highest BCUT2D eigenvalue weighted by atomic mass is 16.3. The molecule has 0 saturated carbocycles. The van der Waals surface area contributed by atoms with Gasteiger partial charge in [0, 0.05) is 6.04 Å². The first-order valence-corrected chi connectivity index (χ1v) is 7.04. The summed E-state index contributed by atoms with van der Waals surface area (Å²) >= 11 is 0. The molecule has 1 aromatic rings. The van der Waals surface area contributed by atoms with Gasteiger partial charge in [0.15, 0.2) is 11.5 Å². The van der Waals surface area contributed by atoms with Crippen molar-refractivity contribution in [2.75, 3.05) is 0 Å². The second-order valence-corrected chi connectivity index (χ2v) is 5.04. The Labute approximate surface area is 119 Å². The summed E-state index contributed by atoms with van der Waals surface area (Å²) in [6.45, 7) is 4.11. The fourth-order valence-corrected chi connectivity index (χ4v) is 2.08. The summed E-state index contributed by atoms with van der Waals surface area (Å²) in [5, 5.41) is 21.6. The van der Waals surface area contributed by atoms with Crippen molar-refractivity contribution >= 4 is 5.91 Å². The lowest BCUT2D eigenvalue weighted by atomic mass is 10.0. The van der Waals surface area contributed by atoms with Crippen LogP contribution < -0.4 is 11.1 Å². The molecule has 0 spiro atoms. The first-order valence-electron chi connectivity index (χ1n) is 7.04. The predicted molar refractivity (Wildman–Crippen MR) is 78.6 cm³/mol. The van der Waals surface area contributed by atoms with Crippen LogP contribution in [0.5, 0.6) is 11.5 Å². The van der Waals surface area contributed by atoms with E-state index in [9.17, 15) is 15.0 Å². The smallest absolute Gasteiger partial charge is 0.237 e. The van der Waals surface area contributed by atoms with E-state index in [1.54, 1.807) is 6.07 Å². The zero-order valence-electron chi connectivity index (χ0n) is 12.1. The van der Waals surface area contributed by atoms with E-state index in [2.05, 4.69) is 12.2 Å². The van der Waals surface area contributed by atoms with Crippen LogP contribution in [0.2, 0.25) is 0 Å². The van der Waals surface area contributed by atoms with Gasteiger partial charge in [0.05, 0.1) is 6.04 Å². The van der Waals surface area contributed by atoms with Gasteiger partial charge in [-0.15, -0.1) is 0 Å². The monoisotopic (exact) mass is 280 g/mol. The lowest BCUT2D eigenvalue weighted by Crippen LogP contribution is -2.46. The molecule has 0 aliphatic rings. The third-order valence-electron chi connectivity index (χ3n) is 3.31. The molecule has 0 aromatic heterocycles. The van der Waals surface area contributed by atoms with Crippen molar-refractivity contribution in [3.63, 3.8) is 0 Å². The van der Waals surface area contributed by atoms with Gasteiger partial charge in [-0.05, 0) is 37.0 Å². The molecule has 0 bridgehead atoms. The first-order chi connectivity index (χ1) is 9.47. The number of phenols is 2. The fourth-order valence-electron chi connectivity index (χ4n) is 2.08. The summed E-state index contributed by atoms with van der Waals surface area (Å²) in [4.78, 5) is 12.0. The van der Waals surface area contributed by atoms with Gasteiger partial charge in [-0.1, -0.05) is 26.3 Å². The Morgan fingerprint density at radius 3 is 2.55 bits per heavy atom. The quantitative estimate of drug-likeness (QED) is 0.571. The molecule has 0 aliphatic heterocycles. The highest BCUT2D eigenvalue weighted by molar-refractivity contribution is 5.82. The zero-order chi connectivity index (χ0) is 15.1. The average Bonchev–Trinajstić information content (AvgIpc) is 2.42. The second kappa shape index (κ2) is 7.75. The van der Waals surface area contributed by atoms with Crippen molar-refractivity contribution in [2.45, 2.75) is 51.6 Å². The number of benzene rings is 1. The van der Waals surface area contributed by atoms with Gasteiger partial charge < -0.3 is 21.3 Å². The number of aromatic hydroxyl groups is 2. The van der Waals surface area contributed by atoms with E-state index >= 15 is 0 Å². The number of carbonyl (C=O) groups excluding carboxylic acids is 1. The van der Waals surface area contributed by atoms with Gasteiger partial charge in [-0.3, -0.25) is 4.79 Å². The van der Waals surface area contributed by atoms with Crippen LogP contribution in [-0.4, -0.2) is 28.2 Å². The minimum atomic E-state index is -0.662. The Balaban J connectivity index is 2.58. The minimum absolute atomic E-state index is 0.159. The zero-order valence-corrected chi connectivity index (χ0v) is 12.1. The maximum absolute atomic E-state index is 12.0. The van der Waals surface area contributed by atoms with Gasteiger partial charge in [0.25, 0.3) is 0 Å². The Kier molecular flexibility index (Phi) is 6.31. The third-order valence-corrected chi connectivity index (χ3v) is 3.31. The van der Waals surface area contributed by atoms with Crippen LogP contribution in [0.25, 0.3) is 0 Å². The van der Waals surface area contributed by atoms with Crippen molar-refractivity contribution in [3.8, 4) is 11.5 Å². The first kappa shape index (κ1) is 16.3. The standard InChI is InChI=1S/C15H24N2O3/c1-3-5-11(4-2)17-15(20)12(16)8-10-6-7-13(18)14(19)9-10/h6-7,9,11-12,18-19H,3-5,8,16H2,1-2H3,(H,17,20)/t11?,12-/m0/s1. The summed E-state index contributed by atoms with van der Waals surface area (Å²) in [7, 11) is 0. The molecule has 0 saturated heterocycles. The fraction of sp³-hybridized carbons (Fsp3) is 0.533. The highest BCUT2D eigenvalue weighted by Crippen LogP contribution is 2.25. The summed E-state index contributed by atoms with van der Waals surface area (Å²) < 4.78 is 0. The molecule has 1 amide bonds. The molecule has 20 heavy (non-hydrogen) atoms. The van der Waals surface area contributed by atoms with E-state index in [0.717, 1.165) is 19.3 Å². The second-order valence-electron chi connectivity index (χ2n) is 5.04. The molecule has 1 unspecified atom stereocenters. The van der Waals surface area contributed by atoms with E-state index in [-0.39, 0.29) is 23.4 Å². The molecule has 0 fully saturated rings. The number of hydrogen-bond donors (Lipinski definition) is 4. The maximum atomic E-state index is 12.0. The molecule has 0 radical (unpaired) electrons. The van der Waals surface area contributed by atoms with E-state index in [1.165, 1.54) is 12.1 Å². The molecule has 2 atom stereocenters. The molecule has 1 rings (SSSR count). The van der Waals surface area contributed by atoms with Crippen molar-refractivity contribution in [1.29, 1.82) is 0 Å². The van der Waals surface area contributed by atoms with E-state index < -0.39 is 6.04 Å². The number of nitrogens with one attached hydrogen (secondary N) is 1. The van der Waals surface area contributed by atoms with Gasteiger partial charge in [-0.25, -0.2) is 0 Å². The summed E-state index contributed by atoms with van der Waals surface area (Å²) in [6.07, 6.45) is 3.16. The molecule has 112 valence electrons. The highest BCUT2D eigenvalue weighted by Gasteiger charge is 2.17. The maximum Gasteiger partial charge on any atom is 0.237 e. The summed E-state index contributed by atoms with van der Waals surface area (Å²) in [5.74, 6) is -0.564. The van der Waals surface area contributed by atoms with Gasteiger partial charge in [0.1, 0.15) is 0 Å². The Bertz CT molecular complexity index is 449. The van der Waals surface area contributed by atoms with Gasteiger partial charge in [-0.2, -0.15) is 0 Å².